The number of ether oxygens (including phenoxy) is 4. The van der Waals surface area contributed by atoms with E-state index in [4.69, 9.17) is 42.1 Å². The monoisotopic (exact) mass is 426 g/mol. The molecule has 2 aromatic rings. The minimum Gasteiger partial charge on any atom is -0.394 e. The van der Waals surface area contributed by atoms with Gasteiger partial charge in [-0.05, 0) is 24.3 Å². The summed E-state index contributed by atoms with van der Waals surface area (Å²) < 4.78 is 23.5. The molecule has 0 bridgehead atoms. The SMILES string of the molecule is OC[C@H]1OC(c2ccc(Cl)cc2)O[C@H]1[C@@H]1OC(c2ccc(Cl)cc2)OC[C@@H]1O. The molecule has 2 saturated heterocycles. The Labute approximate surface area is 172 Å². The van der Waals surface area contributed by atoms with Crippen molar-refractivity contribution in [1.82, 2.24) is 0 Å². The lowest BCUT2D eigenvalue weighted by molar-refractivity contribution is -0.279. The second kappa shape index (κ2) is 8.65. The van der Waals surface area contributed by atoms with E-state index < -0.39 is 37.0 Å². The third kappa shape index (κ3) is 4.20. The van der Waals surface area contributed by atoms with Crippen molar-refractivity contribution in [3.63, 3.8) is 0 Å². The summed E-state index contributed by atoms with van der Waals surface area (Å²) in [6.45, 7) is -0.199. The number of halogens is 2. The van der Waals surface area contributed by atoms with Crippen molar-refractivity contribution >= 4 is 23.2 Å². The van der Waals surface area contributed by atoms with E-state index >= 15 is 0 Å². The van der Waals surface area contributed by atoms with Crippen LogP contribution in [0.15, 0.2) is 48.5 Å². The molecule has 150 valence electrons. The highest BCUT2D eigenvalue weighted by molar-refractivity contribution is 6.30. The van der Waals surface area contributed by atoms with E-state index in [2.05, 4.69) is 0 Å². The molecule has 0 radical (unpaired) electrons. The Bertz CT molecular complexity index is 741. The Hall–Kier alpha value is -1.22. The van der Waals surface area contributed by atoms with Gasteiger partial charge in [-0.3, -0.25) is 0 Å². The van der Waals surface area contributed by atoms with E-state index in [9.17, 15) is 10.2 Å². The molecule has 0 aliphatic carbocycles. The van der Waals surface area contributed by atoms with Gasteiger partial charge in [-0.25, -0.2) is 0 Å². The Morgan fingerprint density at radius 3 is 1.89 bits per heavy atom. The highest BCUT2D eigenvalue weighted by atomic mass is 35.5. The van der Waals surface area contributed by atoms with Crippen molar-refractivity contribution in [3.8, 4) is 0 Å². The van der Waals surface area contributed by atoms with Gasteiger partial charge in [0.15, 0.2) is 12.6 Å². The maximum Gasteiger partial charge on any atom is 0.184 e. The molecule has 0 saturated carbocycles. The van der Waals surface area contributed by atoms with E-state index in [1.807, 2.05) is 0 Å². The van der Waals surface area contributed by atoms with Crippen LogP contribution >= 0.6 is 23.2 Å². The van der Waals surface area contributed by atoms with Crippen LogP contribution in [-0.4, -0.2) is 47.8 Å². The molecule has 2 heterocycles. The molecule has 4 rings (SSSR count). The van der Waals surface area contributed by atoms with Gasteiger partial charge in [0, 0.05) is 21.2 Å². The second-order valence-corrected chi connectivity index (χ2v) is 7.60. The molecule has 2 aromatic carbocycles. The summed E-state index contributed by atoms with van der Waals surface area (Å²) in [5.74, 6) is 0. The topological polar surface area (TPSA) is 77.4 Å². The van der Waals surface area contributed by atoms with Crippen molar-refractivity contribution in [2.24, 2.45) is 0 Å². The number of rotatable bonds is 4. The first-order chi connectivity index (χ1) is 13.5. The number of benzene rings is 2. The van der Waals surface area contributed by atoms with Crippen LogP contribution in [0.2, 0.25) is 10.0 Å². The zero-order valence-corrected chi connectivity index (χ0v) is 16.3. The molecule has 0 spiro atoms. The largest absolute Gasteiger partial charge is 0.394 e. The summed E-state index contributed by atoms with van der Waals surface area (Å²) in [5, 5.41) is 21.4. The fraction of sp³-hybridized carbons (Fsp3) is 0.400. The minimum atomic E-state index is -0.921. The molecule has 8 heteroatoms. The van der Waals surface area contributed by atoms with Crippen LogP contribution in [0.1, 0.15) is 23.7 Å². The molecule has 2 fully saturated rings. The standard InChI is InChI=1S/C20H20Cl2O6/c21-13-5-1-11(2-6-13)19-25-10-15(24)17(27-19)18-16(9-23)26-20(28-18)12-3-7-14(22)8-4-12/h1-8,15-20,23-24H,9-10H2/t15-,16+,17+,18+,19?,20?/m0/s1. The number of aliphatic hydroxyl groups excluding tert-OH is 2. The summed E-state index contributed by atoms with van der Waals surface area (Å²) in [6, 6.07) is 14.1. The summed E-state index contributed by atoms with van der Waals surface area (Å²) in [7, 11) is 0. The van der Waals surface area contributed by atoms with Gasteiger partial charge in [-0.15, -0.1) is 0 Å². The lowest BCUT2D eigenvalue weighted by atomic mass is 10.0. The zero-order chi connectivity index (χ0) is 19.7. The third-order valence-corrected chi connectivity index (χ3v) is 5.32. The Kier molecular flexibility index (Phi) is 6.20. The van der Waals surface area contributed by atoms with Crippen molar-refractivity contribution in [2.45, 2.75) is 37.0 Å². The highest BCUT2D eigenvalue weighted by Crippen LogP contribution is 2.38. The first kappa shape index (κ1) is 20.1. The van der Waals surface area contributed by atoms with Crippen molar-refractivity contribution in [1.29, 1.82) is 0 Å². The minimum absolute atomic E-state index is 0.0710. The van der Waals surface area contributed by atoms with Gasteiger partial charge in [0.2, 0.25) is 0 Å². The van der Waals surface area contributed by atoms with E-state index in [0.717, 1.165) is 11.1 Å². The average molecular weight is 427 g/mol. The highest BCUT2D eigenvalue weighted by Gasteiger charge is 2.47. The molecule has 2 unspecified atom stereocenters. The van der Waals surface area contributed by atoms with Crippen LogP contribution in [-0.2, 0) is 18.9 Å². The van der Waals surface area contributed by atoms with Gasteiger partial charge in [0.1, 0.15) is 24.4 Å². The maximum absolute atomic E-state index is 10.4. The van der Waals surface area contributed by atoms with Crippen LogP contribution in [0, 0.1) is 0 Å². The summed E-state index contributed by atoms with van der Waals surface area (Å²) in [6.07, 6.45) is -4.34. The van der Waals surface area contributed by atoms with Gasteiger partial charge >= 0.3 is 0 Å². The smallest absolute Gasteiger partial charge is 0.184 e. The van der Waals surface area contributed by atoms with Crippen LogP contribution in [0.5, 0.6) is 0 Å². The normalized spacial score (nSPS) is 33.1. The molecule has 6 atom stereocenters. The molecular formula is C20H20Cl2O6. The van der Waals surface area contributed by atoms with Gasteiger partial charge in [-0.2, -0.15) is 0 Å². The molecule has 0 amide bonds. The predicted octanol–water partition coefficient (Wildman–Crippen LogP) is 3.24. The number of hydrogen-bond acceptors (Lipinski definition) is 6. The van der Waals surface area contributed by atoms with Gasteiger partial charge in [0.05, 0.1) is 13.2 Å². The fourth-order valence-corrected chi connectivity index (χ4v) is 3.61. The van der Waals surface area contributed by atoms with Crippen molar-refractivity contribution in [3.05, 3.63) is 69.7 Å². The fourth-order valence-electron chi connectivity index (χ4n) is 3.36. The Morgan fingerprint density at radius 2 is 1.32 bits per heavy atom. The lowest BCUT2D eigenvalue weighted by Crippen LogP contribution is -2.51. The van der Waals surface area contributed by atoms with E-state index in [0.29, 0.717) is 10.0 Å². The molecule has 2 aliphatic rings. The van der Waals surface area contributed by atoms with Gasteiger partial charge in [-0.1, -0.05) is 47.5 Å². The number of aliphatic hydroxyl groups is 2. The quantitative estimate of drug-likeness (QED) is 0.781. The van der Waals surface area contributed by atoms with E-state index in [-0.39, 0.29) is 13.2 Å². The zero-order valence-electron chi connectivity index (χ0n) is 14.8. The summed E-state index contributed by atoms with van der Waals surface area (Å²) in [4.78, 5) is 0. The van der Waals surface area contributed by atoms with E-state index in [1.54, 1.807) is 48.5 Å². The lowest BCUT2D eigenvalue weighted by Gasteiger charge is -2.37. The summed E-state index contributed by atoms with van der Waals surface area (Å²) >= 11 is 11.9. The van der Waals surface area contributed by atoms with Crippen LogP contribution < -0.4 is 0 Å². The first-order valence-electron chi connectivity index (χ1n) is 8.93. The van der Waals surface area contributed by atoms with Crippen molar-refractivity contribution in [2.75, 3.05) is 13.2 Å². The van der Waals surface area contributed by atoms with Crippen LogP contribution in [0.25, 0.3) is 0 Å². The van der Waals surface area contributed by atoms with Gasteiger partial charge in [0.25, 0.3) is 0 Å². The molecule has 2 aliphatic heterocycles. The van der Waals surface area contributed by atoms with Crippen LogP contribution in [0.3, 0.4) is 0 Å². The molecule has 6 nitrogen and oxygen atoms in total. The van der Waals surface area contributed by atoms with Crippen molar-refractivity contribution < 1.29 is 29.2 Å². The Morgan fingerprint density at radius 1 is 0.786 bits per heavy atom. The van der Waals surface area contributed by atoms with Gasteiger partial charge < -0.3 is 29.2 Å². The number of hydrogen-bond donors (Lipinski definition) is 2. The molecule has 2 N–H and O–H groups in total. The average Bonchev–Trinajstić information content (AvgIpc) is 3.14. The molecule has 28 heavy (non-hydrogen) atoms. The predicted molar refractivity (Wildman–Crippen MR) is 102 cm³/mol. The third-order valence-electron chi connectivity index (χ3n) is 4.81. The van der Waals surface area contributed by atoms with E-state index in [1.165, 1.54) is 0 Å². The maximum atomic E-state index is 10.4. The van der Waals surface area contributed by atoms with Crippen LogP contribution in [0.4, 0.5) is 0 Å². The molecular weight excluding hydrogens is 407 g/mol. The Balaban J connectivity index is 1.51. The molecule has 0 aromatic heterocycles. The second-order valence-electron chi connectivity index (χ2n) is 6.73. The first-order valence-corrected chi connectivity index (χ1v) is 9.68. The summed E-state index contributed by atoms with van der Waals surface area (Å²) in [5.41, 5.74) is 1.54.